The summed E-state index contributed by atoms with van der Waals surface area (Å²) in [5, 5.41) is 2.75. The van der Waals surface area contributed by atoms with Gasteiger partial charge >= 0.3 is 0 Å². The first-order chi connectivity index (χ1) is 8.66. The summed E-state index contributed by atoms with van der Waals surface area (Å²) in [5.41, 5.74) is 1.33. The number of benzene rings is 1. The van der Waals surface area contributed by atoms with E-state index < -0.39 is 0 Å². The monoisotopic (exact) mass is 242 g/mol. The Balaban J connectivity index is 2.11. The molecule has 0 unspecified atom stereocenters. The number of nitrogens with zero attached hydrogens (tertiary/aromatic N) is 1. The molecule has 1 heterocycles. The van der Waals surface area contributed by atoms with Crippen molar-refractivity contribution >= 4 is 11.6 Å². The molecule has 0 aliphatic rings. The lowest BCUT2D eigenvalue weighted by molar-refractivity contribution is -0.116. The van der Waals surface area contributed by atoms with Crippen LogP contribution in [-0.2, 0) is 11.3 Å². The van der Waals surface area contributed by atoms with E-state index >= 15 is 0 Å². The standard InChI is InChI=1S/C14H14N2O2/c1-11-6-5-9-14(18)16(11)10-13(17)15-12-7-3-2-4-8-12/h2-9H,10H2,1H3,(H,15,17). The highest BCUT2D eigenvalue weighted by Crippen LogP contribution is 2.05. The van der Waals surface area contributed by atoms with Crippen molar-refractivity contribution in [1.82, 2.24) is 4.57 Å². The zero-order valence-electron chi connectivity index (χ0n) is 10.1. The summed E-state index contributed by atoms with van der Waals surface area (Å²) < 4.78 is 1.44. The van der Waals surface area contributed by atoms with Crippen LogP contribution in [0.15, 0.2) is 53.3 Å². The fourth-order valence-corrected chi connectivity index (χ4v) is 1.69. The van der Waals surface area contributed by atoms with Gasteiger partial charge in [-0.2, -0.15) is 0 Å². The molecule has 0 atom stereocenters. The number of hydrogen-bond donors (Lipinski definition) is 1. The van der Waals surface area contributed by atoms with Crippen molar-refractivity contribution in [2.24, 2.45) is 0 Å². The van der Waals surface area contributed by atoms with Crippen LogP contribution in [0.5, 0.6) is 0 Å². The molecule has 1 amide bonds. The van der Waals surface area contributed by atoms with Crippen molar-refractivity contribution in [2.45, 2.75) is 13.5 Å². The zero-order chi connectivity index (χ0) is 13.0. The SMILES string of the molecule is Cc1cccc(=O)n1CC(=O)Nc1ccccc1. The average molecular weight is 242 g/mol. The van der Waals surface area contributed by atoms with Crippen LogP contribution in [0.1, 0.15) is 5.69 Å². The van der Waals surface area contributed by atoms with Crippen LogP contribution >= 0.6 is 0 Å². The predicted octanol–water partition coefficient (Wildman–Crippen LogP) is 1.80. The van der Waals surface area contributed by atoms with E-state index in [1.807, 2.05) is 18.2 Å². The van der Waals surface area contributed by atoms with Crippen LogP contribution < -0.4 is 10.9 Å². The maximum absolute atomic E-state index is 11.8. The second kappa shape index (κ2) is 5.31. The van der Waals surface area contributed by atoms with E-state index in [-0.39, 0.29) is 18.0 Å². The van der Waals surface area contributed by atoms with Crippen LogP contribution in [-0.4, -0.2) is 10.5 Å². The van der Waals surface area contributed by atoms with Gasteiger partial charge in [-0.15, -0.1) is 0 Å². The molecule has 4 heteroatoms. The van der Waals surface area contributed by atoms with Gasteiger partial charge in [0.05, 0.1) is 0 Å². The van der Waals surface area contributed by atoms with Gasteiger partial charge in [-0.3, -0.25) is 9.59 Å². The number of rotatable bonds is 3. The first-order valence-electron chi connectivity index (χ1n) is 5.68. The smallest absolute Gasteiger partial charge is 0.251 e. The fraction of sp³-hybridized carbons (Fsp3) is 0.143. The maximum Gasteiger partial charge on any atom is 0.251 e. The molecule has 0 saturated carbocycles. The predicted molar refractivity (Wildman–Crippen MR) is 70.5 cm³/mol. The normalized spacial score (nSPS) is 10.1. The number of anilines is 1. The van der Waals surface area contributed by atoms with Crippen LogP contribution in [0.25, 0.3) is 0 Å². The number of para-hydroxylation sites is 1. The molecule has 2 aromatic rings. The first kappa shape index (κ1) is 12.1. The van der Waals surface area contributed by atoms with Gasteiger partial charge < -0.3 is 9.88 Å². The highest BCUT2D eigenvalue weighted by atomic mass is 16.2. The molecule has 0 aliphatic carbocycles. The van der Waals surface area contributed by atoms with E-state index in [4.69, 9.17) is 0 Å². The molecular weight excluding hydrogens is 228 g/mol. The van der Waals surface area contributed by atoms with E-state index in [2.05, 4.69) is 5.32 Å². The number of pyridine rings is 1. The van der Waals surface area contributed by atoms with Gasteiger partial charge in [0, 0.05) is 17.4 Å². The van der Waals surface area contributed by atoms with Gasteiger partial charge in [0.1, 0.15) is 6.54 Å². The Morgan fingerprint density at radius 1 is 1.11 bits per heavy atom. The lowest BCUT2D eigenvalue weighted by Crippen LogP contribution is -2.28. The van der Waals surface area contributed by atoms with E-state index in [1.165, 1.54) is 10.6 Å². The Bertz CT molecular complexity index is 603. The lowest BCUT2D eigenvalue weighted by atomic mass is 10.3. The zero-order valence-corrected chi connectivity index (χ0v) is 10.1. The van der Waals surface area contributed by atoms with Crippen molar-refractivity contribution in [1.29, 1.82) is 0 Å². The van der Waals surface area contributed by atoms with E-state index in [1.54, 1.807) is 31.2 Å². The quantitative estimate of drug-likeness (QED) is 0.892. The molecule has 0 bridgehead atoms. The molecule has 4 nitrogen and oxygen atoms in total. The van der Waals surface area contributed by atoms with E-state index in [0.29, 0.717) is 0 Å². The summed E-state index contributed by atoms with van der Waals surface area (Å²) in [5.74, 6) is -0.211. The summed E-state index contributed by atoms with van der Waals surface area (Å²) in [6, 6.07) is 14.1. The second-order valence-electron chi connectivity index (χ2n) is 4.01. The fourth-order valence-electron chi connectivity index (χ4n) is 1.69. The average Bonchev–Trinajstić information content (AvgIpc) is 2.35. The Hall–Kier alpha value is -2.36. The number of hydrogen-bond acceptors (Lipinski definition) is 2. The summed E-state index contributed by atoms with van der Waals surface area (Å²) in [4.78, 5) is 23.4. The largest absolute Gasteiger partial charge is 0.325 e. The van der Waals surface area contributed by atoms with Crippen molar-refractivity contribution in [3.63, 3.8) is 0 Å². The lowest BCUT2D eigenvalue weighted by Gasteiger charge is -2.09. The Kier molecular flexibility index (Phi) is 3.57. The van der Waals surface area contributed by atoms with Crippen LogP contribution in [0.3, 0.4) is 0 Å². The molecule has 1 aromatic heterocycles. The number of aryl methyl sites for hydroxylation is 1. The van der Waals surface area contributed by atoms with Gasteiger partial charge in [0.2, 0.25) is 5.91 Å². The number of nitrogens with one attached hydrogen (secondary N) is 1. The molecule has 2 rings (SSSR count). The van der Waals surface area contributed by atoms with Gasteiger partial charge in [0.15, 0.2) is 0 Å². The van der Waals surface area contributed by atoms with Crippen LogP contribution in [0, 0.1) is 6.92 Å². The summed E-state index contributed by atoms with van der Waals surface area (Å²) in [6.07, 6.45) is 0. The molecule has 0 fully saturated rings. The number of carbonyl (C=O) groups is 1. The number of amides is 1. The molecule has 0 aliphatic heterocycles. The number of aromatic nitrogens is 1. The van der Waals surface area contributed by atoms with Gasteiger partial charge in [-0.05, 0) is 25.1 Å². The summed E-state index contributed by atoms with van der Waals surface area (Å²) >= 11 is 0. The molecule has 92 valence electrons. The van der Waals surface area contributed by atoms with E-state index in [9.17, 15) is 9.59 Å². The number of carbonyl (C=O) groups excluding carboxylic acids is 1. The van der Waals surface area contributed by atoms with Gasteiger partial charge in [-0.25, -0.2) is 0 Å². The molecule has 0 saturated heterocycles. The molecule has 0 radical (unpaired) electrons. The minimum absolute atomic E-state index is 0.0282. The third-order valence-electron chi connectivity index (χ3n) is 2.63. The van der Waals surface area contributed by atoms with Crippen molar-refractivity contribution in [3.8, 4) is 0 Å². The Morgan fingerprint density at radius 2 is 1.83 bits per heavy atom. The highest BCUT2D eigenvalue weighted by Gasteiger charge is 2.06. The van der Waals surface area contributed by atoms with Crippen molar-refractivity contribution in [2.75, 3.05) is 5.32 Å². The van der Waals surface area contributed by atoms with E-state index in [0.717, 1.165) is 11.4 Å². The highest BCUT2D eigenvalue weighted by molar-refractivity contribution is 5.90. The van der Waals surface area contributed by atoms with Gasteiger partial charge in [-0.1, -0.05) is 24.3 Å². The van der Waals surface area contributed by atoms with Crippen LogP contribution in [0.2, 0.25) is 0 Å². The minimum Gasteiger partial charge on any atom is -0.325 e. The molecule has 1 aromatic carbocycles. The Labute approximate surface area is 105 Å². The third kappa shape index (κ3) is 2.85. The topological polar surface area (TPSA) is 51.1 Å². The molecular formula is C14H14N2O2. The third-order valence-corrected chi connectivity index (χ3v) is 2.63. The van der Waals surface area contributed by atoms with Crippen LogP contribution in [0.4, 0.5) is 5.69 Å². The molecule has 1 N–H and O–H groups in total. The van der Waals surface area contributed by atoms with Gasteiger partial charge in [0.25, 0.3) is 5.56 Å². The van der Waals surface area contributed by atoms with Crippen molar-refractivity contribution < 1.29 is 4.79 Å². The first-order valence-corrected chi connectivity index (χ1v) is 5.68. The molecule has 0 spiro atoms. The van der Waals surface area contributed by atoms with Crippen molar-refractivity contribution in [3.05, 3.63) is 64.6 Å². The summed E-state index contributed by atoms with van der Waals surface area (Å²) in [6.45, 7) is 1.83. The minimum atomic E-state index is -0.211. The Morgan fingerprint density at radius 3 is 2.50 bits per heavy atom. The summed E-state index contributed by atoms with van der Waals surface area (Å²) in [7, 11) is 0. The second-order valence-corrected chi connectivity index (χ2v) is 4.01. The maximum atomic E-state index is 11.8. The molecule has 18 heavy (non-hydrogen) atoms.